The zero-order chi connectivity index (χ0) is 20.2. The van der Waals surface area contributed by atoms with Gasteiger partial charge in [0.25, 0.3) is 5.56 Å². The van der Waals surface area contributed by atoms with Crippen LogP contribution in [0.15, 0.2) is 53.3 Å². The van der Waals surface area contributed by atoms with Gasteiger partial charge in [0.1, 0.15) is 5.75 Å². The average molecular weight is 426 g/mol. The number of thiazole rings is 1. The van der Waals surface area contributed by atoms with Gasteiger partial charge in [-0.25, -0.2) is 0 Å². The highest BCUT2D eigenvalue weighted by atomic mass is 35.5. The van der Waals surface area contributed by atoms with E-state index in [2.05, 4.69) is 17.0 Å². The summed E-state index contributed by atoms with van der Waals surface area (Å²) in [5.74, 6) is 1.29. The van der Waals surface area contributed by atoms with E-state index in [9.17, 15) is 4.79 Å². The molecule has 0 aliphatic heterocycles. The van der Waals surface area contributed by atoms with Gasteiger partial charge in [0.15, 0.2) is 5.82 Å². The van der Waals surface area contributed by atoms with Crippen molar-refractivity contribution in [2.24, 2.45) is 0 Å². The van der Waals surface area contributed by atoms with E-state index in [1.165, 1.54) is 15.9 Å². The molecule has 4 rings (SSSR count). The van der Waals surface area contributed by atoms with Crippen molar-refractivity contribution in [3.05, 3.63) is 74.0 Å². The van der Waals surface area contributed by atoms with E-state index in [1.54, 1.807) is 12.1 Å². The maximum Gasteiger partial charge on any atom is 0.291 e. The molecule has 148 valence electrons. The van der Waals surface area contributed by atoms with Gasteiger partial charge in [-0.2, -0.15) is 9.50 Å². The van der Waals surface area contributed by atoms with Crippen LogP contribution in [0.2, 0.25) is 5.02 Å². The van der Waals surface area contributed by atoms with Crippen molar-refractivity contribution in [1.82, 2.24) is 14.6 Å². The minimum absolute atomic E-state index is 0.182. The van der Waals surface area contributed by atoms with Crippen LogP contribution in [0.1, 0.15) is 31.7 Å². The van der Waals surface area contributed by atoms with Crippen molar-refractivity contribution in [3.63, 3.8) is 0 Å². The van der Waals surface area contributed by atoms with Crippen molar-refractivity contribution in [3.8, 4) is 17.1 Å². The second-order valence-electron chi connectivity index (χ2n) is 6.65. The highest BCUT2D eigenvalue weighted by molar-refractivity contribution is 7.15. The molecule has 0 radical (unpaired) electrons. The molecule has 4 aromatic rings. The first-order valence-electron chi connectivity index (χ1n) is 9.55. The van der Waals surface area contributed by atoms with Crippen molar-refractivity contribution in [2.45, 2.75) is 26.2 Å². The number of aromatic nitrogens is 3. The Kier molecular flexibility index (Phi) is 5.92. The number of halogens is 1. The molecule has 5 nitrogen and oxygen atoms in total. The predicted molar refractivity (Wildman–Crippen MR) is 118 cm³/mol. The standard InChI is InChI=1S/C22H20ClN3O2S/c1-2-3-6-13-28-18-8-5-4-7-16(18)14-19-21(27)26-22(29-19)24-20(25-26)15-9-11-17(23)12-10-15/h4-5,7-12,14H,2-3,6,13H2,1H3/b19-14-. The molecule has 2 aromatic carbocycles. The Hall–Kier alpha value is -2.70. The maximum absolute atomic E-state index is 12.8. The number of para-hydroxylation sites is 1. The molecule has 0 atom stereocenters. The van der Waals surface area contributed by atoms with Crippen LogP contribution in [0.25, 0.3) is 22.4 Å². The molecule has 2 aromatic heterocycles. The highest BCUT2D eigenvalue weighted by Gasteiger charge is 2.12. The summed E-state index contributed by atoms with van der Waals surface area (Å²) in [6, 6.07) is 15.0. The Labute approximate surface area is 177 Å². The third kappa shape index (κ3) is 4.33. The first-order chi connectivity index (χ1) is 14.2. The van der Waals surface area contributed by atoms with Crippen LogP contribution in [-0.2, 0) is 0 Å². The van der Waals surface area contributed by atoms with Gasteiger partial charge in [0.05, 0.1) is 11.1 Å². The van der Waals surface area contributed by atoms with Crippen LogP contribution in [0.3, 0.4) is 0 Å². The first kappa shape index (κ1) is 19.6. The minimum atomic E-state index is -0.182. The van der Waals surface area contributed by atoms with Gasteiger partial charge in [-0.05, 0) is 42.8 Å². The Morgan fingerprint density at radius 1 is 1.14 bits per heavy atom. The molecule has 0 unspecified atom stereocenters. The van der Waals surface area contributed by atoms with Crippen LogP contribution in [0.5, 0.6) is 5.75 Å². The molecule has 0 N–H and O–H groups in total. The van der Waals surface area contributed by atoms with Crippen LogP contribution in [0, 0.1) is 0 Å². The Morgan fingerprint density at radius 3 is 2.69 bits per heavy atom. The zero-order valence-corrected chi connectivity index (χ0v) is 17.5. The average Bonchev–Trinajstić information content (AvgIpc) is 3.27. The van der Waals surface area contributed by atoms with Crippen molar-refractivity contribution in [2.75, 3.05) is 6.61 Å². The van der Waals surface area contributed by atoms with Crippen LogP contribution in [-0.4, -0.2) is 21.2 Å². The summed E-state index contributed by atoms with van der Waals surface area (Å²) in [7, 11) is 0. The molecule has 0 spiro atoms. The predicted octanol–water partition coefficient (Wildman–Crippen LogP) is 4.59. The number of hydrogen-bond donors (Lipinski definition) is 0. The molecular formula is C22H20ClN3O2S. The summed E-state index contributed by atoms with van der Waals surface area (Å²) in [4.78, 5) is 17.9. The summed E-state index contributed by atoms with van der Waals surface area (Å²) >= 11 is 7.25. The lowest BCUT2D eigenvalue weighted by molar-refractivity contribution is 0.305. The lowest BCUT2D eigenvalue weighted by Gasteiger charge is -2.08. The molecule has 2 heterocycles. The van der Waals surface area contributed by atoms with E-state index in [4.69, 9.17) is 16.3 Å². The van der Waals surface area contributed by atoms with E-state index < -0.39 is 0 Å². The van der Waals surface area contributed by atoms with E-state index in [-0.39, 0.29) is 5.56 Å². The number of ether oxygens (including phenoxy) is 1. The fourth-order valence-corrected chi connectivity index (χ4v) is 3.99. The SMILES string of the molecule is CCCCCOc1ccccc1/C=c1\sc2nc(-c3ccc(Cl)cc3)nn2c1=O. The summed E-state index contributed by atoms with van der Waals surface area (Å²) in [5, 5.41) is 5.02. The molecule has 0 aliphatic rings. The smallest absolute Gasteiger partial charge is 0.291 e. The van der Waals surface area contributed by atoms with E-state index in [1.807, 2.05) is 42.5 Å². The minimum Gasteiger partial charge on any atom is -0.493 e. The highest BCUT2D eigenvalue weighted by Crippen LogP contribution is 2.21. The third-order valence-electron chi connectivity index (χ3n) is 4.50. The van der Waals surface area contributed by atoms with Crippen molar-refractivity contribution < 1.29 is 4.74 Å². The molecule has 7 heteroatoms. The van der Waals surface area contributed by atoms with Gasteiger partial charge in [-0.1, -0.05) is 60.9 Å². The second-order valence-corrected chi connectivity index (χ2v) is 8.09. The van der Waals surface area contributed by atoms with Crippen LogP contribution >= 0.6 is 22.9 Å². The number of benzene rings is 2. The van der Waals surface area contributed by atoms with Crippen LogP contribution < -0.4 is 14.8 Å². The maximum atomic E-state index is 12.8. The Balaban J connectivity index is 1.66. The summed E-state index contributed by atoms with van der Waals surface area (Å²) in [6.07, 6.45) is 5.15. The normalized spacial score (nSPS) is 12.0. The molecule has 0 saturated heterocycles. The van der Waals surface area contributed by atoms with Crippen molar-refractivity contribution >= 4 is 34.0 Å². The molecule has 0 fully saturated rings. The number of fused-ring (bicyclic) bond motifs is 1. The van der Waals surface area contributed by atoms with Gasteiger partial charge >= 0.3 is 0 Å². The summed E-state index contributed by atoms with van der Waals surface area (Å²) in [6.45, 7) is 2.83. The number of nitrogens with zero attached hydrogens (tertiary/aromatic N) is 3. The quantitative estimate of drug-likeness (QED) is 0.406. The summed E-state index contributed by atoms with van der Waals surface area (Å²) < 4.78 is 7.84. The van der Waals surface area contributed by atoms with Gasteiger partial charge in [0.2, 0.25) is 4.96 Å². The van der Waals surface area contributed by atoms with E-state index in [0.717, 1.165) is 36.1 Å². The molecule has 0 saturated carbocycles. The molecule has 0 bridgehead atoms. The van der Waals surface area contributed by atoms with E-state index >= 15 is 0 Å². The lowest BCUT2D eigenvalue weighted by Crippen LogP contribution is -2.23. The molecule has 29 heavy (non-hydrogen) atoms. The third-order valence-corrected chi connectivity index (χ3v) is 5.71. The Morgan fingerprint density at radius 2 is 1.93 bits per heavy atom. The largest absolute Gasteiger partial charge is 0.493 e. The molecule has 0 aliphatic carbocycles. The lowest BCUT2D eigenvalue weighted by atomic mass is 10.2. The number of unbranched alkanes of at least 4 members (excludes halogenated alkanes) is 2. The molecular weight excluding hydrogens is 406 g/mol. The molecule has 0 amide bonds. The fraction of sp³-hybridized carbons (Fsp3) is 0.227. The first-order valence-corrected chi connectivity index (χ1v) is 10.7. The topological polar surface area (TPSA) is 56.5 Å². The number of rotatable bonds is 7. The van der Waals surface area contributed by atoms with Gasteiger partial charge < -0.3 is 4.74 Å². The monoisotopic (exact) mass is 425 g/mol. The number of hydrogen-bond acceptors (Lipinski definition) is 5. The van der Waals surface area contributed by atoms with Gasteiger partial charge in [-0.3, -0.25) is 4.79 Å². The van der Waals surface area contributed by atoms with Gasteiger partial charge in [0, 0.05) is 16.1 Å². The van der Waals surface area contributed by atoms with E-state index in [0.29, 0.717) is 26.9 Å². The second kappa shape index (κ2) is 8.76. The van der Waals surface area contributed by atoms with Crippen LogP contribution in [0.4, 0.5) is 0 Å². The zero-order valence-electron chi connectivity index (χ0n) is 16.0. The Bertz CT molecular complexity index is 1230. The fourth-order valence-electron chi connectivity index (χ4n) is 2.96. The van der Waals surface area contributed by atoms with Crippen molar-refractivity contribution in [1.29, 1.82) is 0 Å². The summed E-state index contributed by atoms with van der Waals surface area (Å²) in [5.41, 5.74) is 1.52. The van der Waals surface area contributed by atoms with Gasteiger partial charge in [-0.15, -0.1) is 5.10 Å².